The minimum absolute atomic E-state index is 0.134. The fourth-order valence-electron chi connectivity index (χ4n) is 4.03. The molecule has 190 valence electrons. The smallest absolute Gasteiger partial charge is 0.329 e. The molecule has 0 aromatic heterocycles. The van der Waals surface area contributed by atoms with E-state index in [2.05, 4.69) is 12.2 Å². The number of nitrogens with one attached hydrogen (secondary N) is 1. The van der Waals surface area contributed by atoms with Crippen LogP contribution in [0.25, 0.3) is 0 Å². The first-order valence-corrected chi connectivity index (χ1v) is 14.7. The monoisotopic (exact) mass is 483 g/mol. The fraction of sp³-hybridized carbons (Fsp3) is 0.731. The predicted molar refractivity (Wildman–Crippen MR) is 137 cm³/mol. The first kappa shape index (κ1) is 29.7. The molecule has 0 saturated heterocycles. The topological polar surface area (TPSA) is 95.9 Å². The molecule has 0 saturated carbocycles. The van der Waals surface area contributed by atoms with Crippen molar-refractivity contribution in [1.29, 1.82) is 0 Å². The van der Waals surface area contributed by atoms with Gasteiger partial charge in [0, 0.05) is 18.2 Å². The number of carbonyl (C=O) groups is 1. The van der Waals surface area contributed by atoms with Crippen LogP contribution in [0.5, 0.6) is 5.75 Å². The van der Waals surface area contributed by atoms with Crippen molar-refractivity contribution in [3.05, 3.63) is 23.8 Å². The quantitative estimate of drug-likeness (QED) is 0.131. The third kappa shape index (κ3) is 16.0. The summed E-state index contributed by atoms with van der Waals surface area (Å²) in [5.74, 6) is 0.400. The lowest BCUT2D eigenvalue weighted by Gasteiger charge is -2.13. The second-order valence-corrected chi connectivity index (χ2v) is 10.7. The number of carbonyl (C=O) groups excluding carboxylic acids is 1. The summed E-state index contributed by atoms with van der Waals surface area (Å²) in [6.07, 6.45) is 19.2. The Hall–Kier alpha value is -1.36. The number of unbranched alkanes of at least 4 members (excludes halogenated alkanes) is 14. The molecule has 3 N–H and O–H groups in total. The largest absolute Gasteiger partial charge is 0.497 e. The second-order valence-electron chi connectivity index (χ2n) is 9.09. The van der Waals surface area contributed by atoms with E-state index in [-0.39, 0.29) is 5.91 Å². The Morgan fingerprint density at radius 3 is 1.79 bits per heavy atom. The minimum Gasteiger partial charge on any atom is -0.497 e. The molecule has 7 heteroatoms. The lowest BCUT2D eigenvalue weighted by molar-refractivity contribution is -0.116. The Morgan fingerprint density at radius 1 is 0.848 bits per heavy atom. The molecule has 0 aliphatic carbocycles. The Kier molecular flexibility index (Phi) is 16.2. The summed E-state index contributed by atoms with van der Waals surface area (Å²) in [5.41, 5.74) is 0.817. The molecule has 0 aliphatic heterocycles. The minimum atomic E-state index is -4.23. The first-order valence-electron chi connectivity index (χ1n) is 12.9. The standard InChI is InChI=1S/C26H46NO5P/c1-3-4-5-6-7-8-9-10-11-12-13-14-15-16-17-18-26(28)27-25-21-24(32-2)20-19-23(25)22-33(29,30)31/h19-21H,3-18,22H2,1-2H3,(H,27,28)(H2,29,30,31). The van der Waals surface area contributed by atoms with Crippen LogP contribution in [-0.4, -0.2) is 22.8 Å². The van der Waals surface area contributed by atoms with Crippen molar-refractivity contribution < 1.29 is 23.9 Å². The summed E-state index contributed by atoms with van der Waals surface area (Å²) in [6, 6.07) is 4.83. The van der Waals surface area contributed by atoms with Crippen molar-refractivity contribution in [2.24, 2.45) is 0 Å². The third-order valence-electron chi connectivity index (χ3n) is 5.97. The highest BCUT2D eigenvalue weighted by molar-refractivity contribution is 7.50. The fourth-order valence-corrected chi connectivity index (χ4v) is 4.75. The highest BCUT2D eigenvalue weighted by Gasteiger charge is 2.18. The number of methoxy groups -OCH3 is 1. The molecule has 0 heterocycles. The summed E-state index contributed by atoms with van der Waals surface area (Å²) < 4.78 is 16.5. The maximum Gasteiger partial charge on any atom is 0.329 e. The maximum atomic E-state index is 12.3. The van der Waals surface area contributed by atoms with Crippen LogP contribution in [-0.2, 0) is 15.5 Å². The maximum absolute atomic E-state index is 12.3. The number of amides is 1. The van der Waals surface area contributed by atoms with Gasteiger partial charge in [0.2, 0.25) is 5.91 Å². The van der Waals surface area contributed by atoms with Gasteiger partial charge in [-0.1, -0.05) is 103 Å². The van der Waals surface area contributed by atoms with Crippen molar-refractivity contribution in [3.8, 4) is 5.75 Å². The molecule has 6 nitrogen and oxygen atoms in total. The summed E-state index contributed by atoms with van der Waals surface area (Å²) in [5, 5.41) is 2.80. The Bertz CT molecular complexity index is 704. The van der Waals surface area contributed by atoms with Crippen LogP contribution >= 0.6 is 7.60 Å². The van der Waals surface area contributed by atoms with Gasteiger partial charge in [0.1, 0.15) is 5.75 Å². The van der Waals surface area contributed by atoms with Crippen LogP contribution in [0.2, 0.25) is 0 Å². The Balaban J connectivity index is 2.11. The van der Waals surface area contributed by atoms with Crippen LogP contribution in [0.15, 0.2) is 18.2 Å². The summed E-state index contributed by atoms with van der Waals surface area (Å²) in [4.78, 5) is 30.9. The van der Waals surface area contributed by atoms with E-state index in [1.165, 1.54) is 84.2 Å². The summed E-state index contributed by atoms with van der Waals surface area (Å²) >= 11 is 0. The van der Waals surface area contributed by atoms with Gasteiger partial charge in [-0.15, -0.1) is 0 Å². The SMILES string of the molecule is CCCCCCCCCCCCCCCCCC(=O)Nc1cc(OC)ccc1CP(=O)(O)O. The van der Waals surface area contributed by atoms with Crippen LogP contribution < -0.4 is 10.1 Å². The number of hydrogen-bond acceptors (Lipinski definition) is 3. The van der Waals surface area contributed by atoms with E-state index < -0.39 is 13.8 Å². The van der Waals surface area contributed by atoms with Gasteiger partial charge in [-0.3, -0.25) is 9.36 Å². The lowest BCUT2D eigenvalue weighted by Crippen LogP contribution is -2.13. The average molecular weight is 484 g/mol. The van der Waals surface area contributed by atoms with E-state index in [9.17, 15) is 19.1 Å². The van der Waals surface area contributed by atoms with Gasteiger partial charge < -0.3 is 19.8 Å². The van der Waals surface area contributed by atoms with Crippen molar-refractivity contribution in [2.45, 2.75) is 116 Å². The number of ether oxygens (including phenoxy) is 1. The van der Waals surface area contributed by atoms with Crippen molar-refractivity contribution in [3.63, 3.8) is 0 Å². The van der Waals surface area contributed by atoms with E-state index in [4.69, 9.17) is 4.74 Å². The van der Waals surface area contributed by atoms with E-state index in [1.807, 2.05) is 0 Å². The Morgan fingerprint density at radius 2 is 1.33 bits per heavy atom. The molecule has 0 radical (unpaired) electrons. The van der Waals surface area contributed by atoms with E-state index >= 15 is 0 Å². The highest BCUT2D eigenvalue weighted by atomic mass is 31.2. The number of anilines is 1. The van der Waals surface area contributed by atoms with Crippen LogP contribution in [0, 0.1) is 0 Å². The second kappa shape index (κ2) is 18.0. The van der Waals surface area contributed by atoms with Crippen molar-refractivity contribution in [2.75, 3.05) is 12.4 Å². The predicted octanol–water partition coefficient (Wildman–Crippen LogP) is 7.57. The van der Waals surface area contributed by atoms with Crippen molar-refractivity contribution in [1.82, 2.24) is 0 Å². The van der Waals surface area contributed by atoms with Gasteiger partial charge >= 0.3 is 7.60 Å². The van der Waals surface area contributed by atoms with Gasteiger partial charge in [-0.2, -0.15) is 0 Å². The molecular weight excluding hydrogens is 437 g/mol. The zero-order chi connectivity index (χ0) is 24.4. The molecule has 1 aromatic carbocycles. The van der Waals surface area contributed by atoms with Crippen LogP contribution in [0.4, 0.5) is 5.69 Å². The molecule has 0 fully saturated rings. The molecule has 1 amide bonds. The van der Waals surface area contributed by atoms with Gasteiger partial charge in [-0.05, 0) is 18.1 Å². The molecular formula is C26H46NO5P. The molecule has 0 bridgehead atoms. The van der Waals surface area contributed by atoms with Gasteiger partial charge in [-0.25, -0.2) is 0 Å². The molecule has 33 heavy (non-hydrogen) atoms. The number of rotatable bonds is 20. The first-order chi connectivity index (χ1) is 15.9. The molecule has 0 spiro atoms. The van der Waals surface area contributed by atoms with E-state index in [0.717, 1.165) is 19.3 Å². The lowest BCUT2D eigenvalue weighted by atomic mass is 10.0. The normalized spacial score (nSPS) is 11.5. The zero-order valence-corrected chi connectivity index (χ0v) is 21.7. The number of hydrogen-bond donors (Lipinski definition) is 3. The van der Waals surface area contributed by atoms with Gasteiger partial charge in [0.25, 0.3) is 0 Å². The van der Waals surface area contributed by atoms with Crippen molar-refractivity contribution >= 4 is 19.2 Å². The molecule has 0 aliphatic rings. The average Bonchev–Trinajstić information content (AvgIpc) is 2.76. The van der Waals surface area contributed by atoms with Crippen LogP contribution in [0.1, 0.15) is 115 Å². The van der Waals surface area contributed by atoms with Crippen LogP contribution in [0.3, 0.4) is 0 Å². The number of benzene rings is 1. The molecule has 0 atom stereocenters. The van der Waals surface area contributed by atoms with Gasteiger partial charge in [0.05, 0.1) is 13.3 Å². The van der Waals surface area contributed by atoms with E-state index in [1.54, 1.807) is 18.2 Å². The van der Waals surface area contributed by atoms with Gasteiger partial charge in [0.15, 0.2) is 0 Å². The molecule has 0 unspecified atom stereocenters. The van der Waals surface area contributed by atoms with E-state index in [0.29, 0.717) is 23.4 Å². The summed E-state index contributed by atoms with van der Waals surface area (Å²) in [6.45, 7) is 2.26. The molecule has 1 rings (SSSR count). The summed E-state index contributed by atoms with van der Waals surface area (Å²) in [7, 11) is -2.71. The highest BCUT2D eigenvalue weighted by Crippen LogP contribution is 2.41. The Labute approximate surface area is 201 Å². The zero-order valence-electron chi connectivity index (χ0n) is 20.8. The molecule has 1 aromatic rings. The third-order valence-corrected chi connectivity index (χ3v) is 6.73.